The Morgan fingerprint density at radius 3 is 2.27 bits per heavy atom. The molecule has 0 amide bonds. The van der Waals surface area contributed by atoms with Crippen molar-refractivity contribution >= 4 is 56.7 Å². The summed E-state index contributed by atoms with van der Waals surface area (Å²) in [5, 5.41) is 0. The van der Waals surface area contributed by atoms with Crippen LogP contribution in [0.25, 0.3) is 0 Å². The number of esters is 1. The van der Waals surface area contributed by atoms with Crippen molar-refractivity contribution in [2.45, 2.75) is 3.79 Å². The summed E-state index contributed by atoms with van der Waals surface area (Å²) in [6, 6.07) is 0. The molecular weight excluding hydrogens is 278 g/mol. The highest BCUT2D eigenvalue weighted by molar-refractivity contribution is 9.12. The second-order valence-electron chi connectivity index (χ2n) is 1.53. The maximum atomic E-state index is 10.7. The lowest BCUT2D eigenvalue weighted by molar-refractivity contribution is -0.135. The number of methoxy groups -OCH3 is 1. The molecule has 0 radical (unpaired) electrons. The van der Waals surface area contributed by atoms with E-state index in [4.69, 9.17) is 34.8 Å². The molecule has 0 heterocycles. The van der Waals surface area contributed by atoms with Crippen LogP contribution < -0.4 is 0 Å². The minimum absolute atomic E-state index is 0.0833. The molecule has 0 spiro atoms. The van der Waals surface area contributed by atoms with Gasteiger partial charge in [-0.15, -0.1) is 0 Å². The Morgan fingerprint density at radius 2 is 2.00 bits per heavy atom. The lowest BCUT2D eigenvalue weighted by Crippen LogP contribution is -2.04. The normalized spacial score (nSPS) is 13.0. The van der Waals surface area contributed by atoms with Crippen LogP contribution in [0.5, 0.6) is 0 Å². The van der Waals surface area contributed by atoms with Crippen LogP contribution in [0.15, 0.2) is 10.6 Å². The number of halogens is 4. The van der Waals surface area contributed by atoms with Gasteiger partial charge >= 0.3 is 5.97 Å². The summed E-state index contributed by atoms with van der Waals surface area (Å²) in [6.45, 7) is 0. The van der Waals surface area contributed by atoms with E-state index in [-0.39, 0.29) is 4.48 Å². The number of alkyl halides is 3. The molecule has 2 nitrogen and oxygen atoms in total. The van der Waals surface area contributed by atoms with Gasteiger partial charge in [0, 0.05) is 0 Å². The maximum Gasteiger partial charge on any atom is 0.344 e. The number of hydrogen-bond donors (Lipinski definition) is 0. The van der Waals surface area contributed by atoms with E-state index in [0.29, 0.717) is 0 Å². The molecule has 11 heavy (non-hydrogen) atoms. The number of carbonyl (C=O) groups excluding carboxylic acids is 1. The Bertz CT molecular complexity index is 185. The molecule has 0 aromatic heterocycles. The van der Waals surface area contributed by atoms with Crippen LogP contribution in [-0.4, -0.2) is 16.9 Å². The van der Waals surface area contributed by atoms with Crippen LogP contribution in [0.1, 0.15) is 0 Å². The minimum Gasteiger partial charge on any atom is -0.465 e. The zero-order chi connectivity index (χ0) is 9.07. The van der Waals surface area contributed by atoms with Gasteiger partial charge in [-0.2, -0.15) is 0 Å². The first kappa shape index (κ1) is 11.6. The van der Waals surface area contributed by atoms with Crippen molar-refractivity contribution in [3.63, 3.8) is 0 Å². The monoisotopic (exact) mass is 280 g/mol. The van der Waals surface area contributed by atoms with Crippen molar-refractivity contribution in [3.8, 4) is 0 Å². The van der Waals surface area contributed by atoms with Crippen LogP contribution in [0.3, 0.4) is 0 Å². The quantitative estimate of drug-likeness (QED) is 0.420. The highest BCUT2D eigenvalue weighted by Gasteiger charge is 2.19. The molecule has 0 atom stereocenters. The smallest absolute Gasteiger partial charge is 0.344 e. The number of ether oxygens (including phenoxy) is 1. The average molecular weight is 282 g/mol. The molecule has 6 heteroatoms. The Labute approximate surface area is 87.6 Å². The average Bonchev–Trinajstić information content (AvgIpc) is 1.82. The number of carbonyl (C=O) groups is 1. The summed E-state index contributed by atoms with van der Waals surface area (Å²) < 4.78 is 2.82. The molecule has 64 valence electrons. The zero-order valence-electron chi connectivity index (χ0n) is 5.41. The van der Waals surface area contributed by atoms with Gasteiger partial charge in [0.2, 0.25) is 3.79 Å². The van der Waals surface area contributed by atoms with Crippen molar-refractivity contribution in [1.82, 2.24) is 0 Å². The van der Waals surface area contributed by atoms with Crippen LogP contribution in [0.4, 0.5) is 0 Å². The highest BCUT2D eigenvalue weighted by atomic mass is 79.9. The summed E-state index contributed by atoms with van der Waals surface area (Å²) in [5.74, 6) is -0.587. The van der Waals surface area contributed by atoms with Crippen LogP contribution >= 0.6 is 50.7 Å². The molecule has 0 aromatic rings. The predicted octanol–water partition coefficient (Wildman–Crippen LogP) is 2.81. The second kappa shape index (κ2) is 4.55. The van der Waals surface area contributed by atoms with Crippen LogP contribution in [-0.2, 0) is 9.53 Å². The minimum atomic E-state index is -1.59. The fourth-order valence-electron chi connectivity index (χ4n) is 0.300. The van der Waals surface area contributed by atoms with E-state index in [0.717, 1.165) is 6.08 Å². The third kappa shape index (κ3) is 5.79. The summed E-state index contributed by atoms with van der Waals surface area (Å²) in [7, 11) is 1.23. The molecule has 0 saturated carbocycles. The molecule has 0 aliphatic rings. The fourth-order valence-corrected chi connectivity index (χ4v) is 1.53. The molecule has 0 fully saturated rings. The van der Waals surface area contributed by atoms with Gasteiger partial charge in [-0.05, 0) is 22.0 Å². The Morgan fingerprint density at radius 1 is 1.55 bits per heavy atom. The highest BCUT2D eigenvalue weighted by Crippen LogP contribution is 2.30. The zero-order valence-corrected chi connectivity index (χ0v) is 9.26. The predicted molar refractivity (Wildman–Crippen MR) is 49.3 cm³/mol. The van der Waals surface area contributed by atoms with E-state index in [9.17, 15) is 4.79 Å². The second-order valence-corrected chi connectivity index (χ2v) is 4.75. The van der Waals surface area contributed by atoms with Gasteiger partial charge in [-0.1, -0.05) is 34.8 Å². The third-order valence-corrected chi connectivity index (χ3v) is 1.55. The van der Waals surface area contributed by atoms with Crippen molar-refractivity contribution in [1.29, 1.82) is 0 Å². The first-order valence-corrected chi connectivity index (χ1v) is 4.33. The lowest BCUT2D eigenvalue weighted by Gasteiger charge is -2.04. The topological polar surface area (TPSA) is 26.3 Å². The Kier molecular flexibility index (Phi) is 4.78. The third-order valence-electron chi connectivity index (χ3n) is 0.671. The first-order valence-electron chi connectivity index (χ1n) is 2.40. The number of allylic oxidation sites excluding steroid dienone is 1. The van der Waals surface area contributed by atoms with Crippen LogP contribution in [0.2, 0.25) is 0 Å². The maximum absolute atomic E-state index is 10.7. The van der Waals surface area contributed by atoms with Gasteiger partial charge < -0.3 is 4.74 Å². The largest absolute Gasteiger partial charge is 0.465 e. The molecule has 0 aliphatic carbocycles. The van der Waals surface area contributed by atoms with Gasteiger partial charge in [0.25, 0.3) is 0 Å². The van der Waals surface area contributed by atoms with E-state index >= 15 is 0 Å². The standard InChI is InChI=1S/C5H4BrCl3O2/c1-11-4(10)3(6)2-5(7,8)9/h2H,1H3/b3-2+. The number of hydrogen-bond acceptors (Lipinski definition) is 2. The van der Waals surface area contributed by atoms with Gasteiger partial charge in [0.15, 0.2) is 0 Å². The Balaban J connectivity index is 4.34. The summed E-state index contributed by atoms with van der Waals surface area (Å²) in [4.78, 5) is 10.7. The first-order chi connectivity index (χ1) is 4.87. The fraction of sp³-hybridized carbons (Fsp3) is 0.400. The van der Waals surface area contributed by atoms with Gasteiger partial charge in [-0.25, -0.2) is 4.79 Å². The molecule has 0 N–H and O–H groups in total. The molecule has 0 aromatic carbocycles. The van der Waals surface area contributed by atoms with Crippen molar-refractivity contribution < 1.29 is 9.53 Å². The summed E-state index contributed by atoms with van der Waals surface area (Å²) in [5.41, 5.74) is 0. The SMILES string of the molecule is COC(=O)/C(Br)=C\C(Cl)(Cl)Cl. The molecule has 0 unspecified atom stereocenters. The van der Waals surface area contributed by atoms with Crippen molar-refractivity contribution in [3.05, 3.63) is 10.6 Å². The van der Waals surface area contributed by atoms with E-state index in [2.05, 4.69) is 20.7 Å². The van der Waals surface area contributed by atoms with E-state index < -0.39 is 9.76 Å². The molecule has 0 aliphatic heterocycles. The van der Waals surface area contributed by atoms with Gasteiger partial charge in [0.05, 0.1) is 7.11 Å². The molecule has 0 saturated heterocycles. The van der Waals surface area contributed by atoms with E-state index in [1.807, 2.05) is 0 Å². The molecular formula is C5H4BrCl3O2. The van der Waals surface area contributed by atoms with E-state index in [1.54, 1.807) is 0 Å². The molecule has 0 bridgehead atoms. The van der Waals surface area contributed by atoms with Crippen molar-refractivity contribution in [2.75, 3.05) is 7.11 Å². The summed E-state index contributed by atoms with van der Waals surface area (Å²) in [6.07, 6.45) is 1.11. The number of rotatable bonds is 1. The van der Waals surface area contributed by atoms with Crippen LogP contribution in [0, 0.1) is 0 Å². The molecule has 0 rings (SSSR count). The van der Waals surface area contributed by atoms with Crippen molar-refractivity contribution in [2.24, 2.45) is 0 Å². The van der Waals surface area contributed by atoms with Gasteiger partial charge in [-0.3, -0.25) is 0 Å². The van der Waals surface area contributed by atoms with Gasteiger partial charge in [0.1, 0.15) is 4.48 Å². The summed E-state index contributed by atoms with van der Waals surface area (Å²) >= 11 is 18.9. The Hall–Kier alpha value is 0.560. The van der Waals surface area contributed by atoms with E-state index in [1.165, 1.54) is 7.11 Å². The lowest BCUT2D eigenvalue weighted by atomic mass is 10.5.